The number of nitrogens with one attached hydrogen (secondary N) is 2. The van der Waals surface area contributed by atoms with Crippen molar-refractivity contribution in [1.29, 1.82) is 0 Å². The average molecular weight is 331 g/mol. The maximum atomic E-state index is 12.8. The summed E-state index contributed by atoms with van der Waals surface area (Å²) in [5.74, 6) is 0.321. The van der Waals surface area contributed by atoms with Crippen LogP contribution in [0.25, 0.3) is 10.8 Å². The van der Waals surface area contributed by atoms with Gasteiger partial charge in [0, 0.05) is 43.3 Å². The molecule has 3 aromatic rings. The number of hydrogen-bond acceptors (Lipinski definition) is 3. The fourth-order valence-corrected chi connectivity index (χ4v) is 3.66. The van der Waals surface area contributed by atoms with Crippen molar-refractivity contribution in [2.75, 3.05) is 13.1 Å². The average Bonchev–Trinajstić information content (AvgIpc) is 3.17. The SMILES string of the molecule is O=C(NCc1cccc2cnccc12)[C@@H]1CNC[C@@H]1c1ccccc1. The van der Waals surface area contributed by atoms with Crippen LogP contribution in [-0.2, 0) is 11.3 Å². The van der Waals surface area contributed by atoms with Crippen molar-refractivity contribution in [3.8, 4) is 0 Å². The molecule has 0 radical (unpaired) electrons. The van der Waals surface area contributed by atoms with Gasteiger partial charge in [0.05, 0.1) is 5.92 Å². The lowest BCUT2D eigenvalue weighted by Crippen LogP contribution is -2.34. The lowest BCUT2D eigenvalue weighted by atomic mass is 9.88. The monoisotopic (exact) mass is 331 g/mol. The summed E-state index contributed by atoms with van der Waals surface area (Å²) < 4.78 is 0. The molecule has 4 rings (SSSR count). The molecule has 1 aliphatic rings. The van der Waals surface area contributed by atoms with Gasteiger partial charge in [-0.1, -0.05) is 48.5 Å². The van der Waals surface area contributed by atoms with E-state index in [2.05, 4.69) is 33.8 Å². The Morgan fingerprint density at radius 2 is 1.96 bits per heavy atom. The number of amides is 1. The second-order valence-electron chi connectivity index (χ2n) is 6.51. The van der Waals surface area contributed by atoms with Gasteiger partial charge in [0.25, 0.3) is 0 Å². The minimum absolute atomic E-state index is 0.0287. The fraction of sp³-hybridized carbons (Fsp3) is 0.238. The number of fused-ring (bicyclic) bond motifs is 1. The fourth-order valence-electron chi connectivity index (χ4n) is 3.66. The predicted octanol–water partition coefficient (Wildman–Crippen LogP) is 2.85. The number of nitrogens with zero attached hydrogens (tertiary/aromatic N) is 1. The number of aromatic nitrogens is 1. The van der Waals surface area contributed by atoms with E-state index in [0.29, 0.717) is 6.54 Å². The highest BCUT2D eigenvalue weighted by atomic mass is 16.1. The maximum Gasteiger partial charge on any atom is 0.225 e. The van der Waals surface area contributed by atoms with Gasteiger partial charge in [-0.15, -0.1) is 0 Å². The Balaban J connectivity index is 1.48. The van der Waals surface area contributed by atoms with Crippen LogP contribution < -0.4 is 10.6 Å². The molecular formula is C21H21N3O. The van der Waals surface area contributed by atoms with Gasteiger partial charge in [0.2, 0.25) is 5.91 Å². The molecule has 1 aromatic heterocycles. The second-order valence-corrected chi connectivity index (χ2v) is 6.51. The molecule has 0 aliphatic carbocycles. The highest BCUT2D eigenvalue weighted by molar-refractivity contribution is 5.86. The third kappa shape index (κ3) is 3.26. The minimum Gasteiger partial charge on any atom is -0.352 e. The Hall–Kier alpha value is -2.72. The van der Waals surface area contributed by atoms with Gasteiger partial charge in [-0.3, -0.25) is 9.78 Å². The normalized spacial score (nSPS) is 19.8. The van der Waals surface area contributed by atoms with E-state index in [9.17, 15) is 4.79 Å². The summed E-state index contributed by atoms with van der Waals surface area (Å²) in [6.07, 6.45) is 3.65. The Labute approximate surface area is 147 Å². The van der Waals surface area contributed by atoms with Crippen LogP contribution in [0.2, 0.25) is 0 Å². The first kappa shape index (κ1) is 15.8. The van der Waals surface area contributed by atoms with E-state index in [1.165, 1.54) is 5.56 Å². The van der Waals surface area contributed by atoms with E-state index in [0.717, 1.165) is 29.4 Å². The molecule has 4 heteroatoms. The number of benzene rings is 2. The van der Waals surface area contributed by atoms with Gasteiger partial charge in [0.15, 0.2) is 0 Å². The smallest absolute Gasteiger partial charge is 0.225 e. The molecule has 2 atom stereocenters. The zero-order valence-electron chi connectivity index (χ0n) is 14.0. The third-order valence-electron chi connectivity index (χ3n) is 5.00. The molecule has 0 bridgehead atoms. The Morgan fingerprint density at radius 1 is 1.08 bits per heavy atom. The number of pyridine rings is 1. The first-order valence-electron chi connectivity index (χ1n) is 8.68. The molecule has 0 spiro atoms. The molecule has 2 N–H and O–H groups in total. The molecule has 25 heavy (non-hydrogen) atoms. The zero-order chi connectivity index (χ0) is 17.1. The lowest BCUT2D eigenvalue weighted by molar-refractivity contribution is -0.125. The van der Waals surface area contributed by atoms with Crippen LogP contribution in [0, 0.1) is 5.92 Å². The number of rotatable bonds is 4. The summed E-state index contributed by atoms with van der Waals surface area (Å²) >= 11 is 0. The highest BCUT2D eigenvalue weighted by Crippen LogP contribution is 2.28. The Morgan fingerprint density at radius 3 is 2.84 bits per heavy atom. The Bertz CT molecular complexity index is 873. The van der Waals surface area contributed by atoms with Crippen LogP contribution in [0.15, 0.2) is 67.0 Å². The molecule has 1 amide bonds. The van der Waals surface area contributed by atoms with Gasteiger partial charge < -0.3 is 10.6 Å². The standard InChI is InChI=1S/C21H21N3O/c25-21(20-14-23-13-19(20)15-5-2-1-3-6-15)24-12-17-8-4-7-16-11-22-10-9-18(16)17/h1-11,19-20,23H,12-14H2,(H,24,25)/t19-,20-/m1/s1. The van der Waals surface area contributed by atoms with Crippen LogP contribution in [0.4, 0.5) is 0 Å². The summed E-state index contributed by atoms with van der Waals surface area (Å²) in [6.45, 7) is 2.12. The molecule has 2 heterocycles. The summed E-state index contributed by atoms with van der Waals surface area (Å²) in [4.78, 5) is 16.9. The van der Waals surface area contributed by atoms with E-state index in [4.69, 9.17) is 0 Å². The van der Waals surface area contributed by atoms with E-state index >= 15 is 0 Å². The quantitative estimate of drug-likeness (QED) is 0.773. The van der Waals surface area contributed by atoms with E-state index < -0.39 is 0 Å². The van der Waals surface area contributed by atoms with Crippen LogP contribution in [0.1, 0.15) is 17.0 Å². The van der Waals surface area contributed by atoms with Crippen molar-refractivity contribution in [3.63, 3.8) is 0 Å². The van der Waals surface area contributed by atoms with Crippen molar-refractivity contribution < 1.29 is 4.79 Å². The first-order valence-corrected chi connectivity index (χ1v) is 8.68. The van der Waals surface area contributed by atoms with Crippen molar-refractivity contribution in [3.05, 3.63) is 78.1 Å². The van der Waals surface area contributed by atoms with Gasteiger partial charge >= 0.3 is 0 Å². The van der Waals surface area contributed by atoms with Crippen molar-refractivity contribution in [2.45, 2.75) is 12.5 Å². The van der Waals surface area contributed by atoms with Crippen LogP contribution in [-0.4, -0.2) is 24.0 Å². The maximum absolute atomic E-state index is 12.8. The van der Waals surface area contributed by atoms with E-state index in [1.54, 1.807) is 6.20 Å². The summed E-state index contributed by atoms with van der Waals surface area (Å²) in [5.41, 5.74) is 2.35. The van der Waals surface area contributed by atoms with E-state index in [1.807, 2.05) is 42.6 Å². The Kier molecular flexibility index (Phi) is 4.44. The number of carbonyl (C=O) groups is 1. The molecular weight excluding hydrogens is 310 g/mol. The summed E-state index contributed by atoms with van der Waals surface area (Å²) in [7, 11) is 0. The van der Waals surface area contributed by atoms with Crippen molar-refractivity contribution in [1.82, 2.24) is 15.6 Å². The molecule has 4 nitrogen and oxygen atoms in total. The predicted molar refractivity (Wildman–Crippen MR) is 99.1 cm³/mol. The van der Waals surface area contributed by atoms with Crippen molar-refractivity contribution >= 4 is 16.7 Å². The van der Waals surface area contributed by atoms with Crippen LogP contribution in [0.3, 0.4) is 0 Å². The number of carbonyl (C=O) groups excluding carboxylic acids is 1. The molecule has 0 unspecified atom stereocenters. The second kappa shape index (κ2) is 7.03. The van der Waals surface area contributed by atoms with Gasteiger partial charge in [0.1, 0.15) is 0 Å². The topological polar surface area (TPSA) is 54.0 Å². The van der Waals surface area contributed by atoms with Crippen LogP contribution in [0.5, 0.6) is 0 Å². The molecule has 0 saturated carbocycles. The zero-order valence-corrected chi connectivity index (χ0v) is 14.0. The minimum atomic E-state index is -0.0287. The lowest BCUT2D eigenvalue weighted by Gasteiger charge is -2.19. The van der Waals surface area contributed by atoms with Gasteiger partial charge in [-0.05, 0) is 22.6 Å². The highest BCUT2D eigenvalue weighted by Gasteiger charge is 2.33. The number of hydrogen-bond donors (Lipinski definition) is 2. The third-order valence-corrected chi connectivity index (χ3v) is 5.00. The van der Waals surface area contributed by atoms with Gasteiger partial charge in [-0.25, -0.2) is 0 Å². The molecule has 1 fully saturated rings. The molecule has 126 valence electrons. The largest absolute Gasteiger partial charge is 0.352 e. The van der Waals surface area contributed by atoms with E-state index in [-0.39, 0.29) is 17.7 Å². The van der Waals surface area contributed by atoms with Crippen molar-refractivity contribution in [2.24, 2.45) is 5.92 Å². The van der Waals surface area contributed by atoms with Gasteiger partial charge in [-0.2, -0.15) is 0 Å². The summed E-state index contributed by atoms with van der Waals surface area (Å²) in [5, 5.41) is 8.73. The molecule has 1 aliphatic heterocycles. The summed E-state index contributed by atoms with van der Waals surface area (Å²) in [6, 6.07) is 18.4. The molecule has 2 aromatic carbocycles. The molecule has 1 saturated heterocycles. The van der Waals surface area contributed by atoms with Crippen LogP contribution >= 0.6 is 0 Å². The first-order chi connectivity index (χ1) is 12.3.